The van der Waals surface area contributed by atoms with Crippen molar-refractivity contribution < 1.29 is 19.1 Å². The lowest BCUT2D eigenvalue weighted by molar-refractivity contribution is 0.0555. The highest BCUT2D eigenvalue weighted by molar-refractivity contribution is 7.13. The molecule has 0 aliphatic rings. The molecule has 2 aromatic rings. The van der Waals surface area contributed by atoms with E-state index in [9.17, 15) is 14.4 Å². The molecule has 0 aliphatic carbocycles. The third-order valence-corrected chi connectivity index (χ3v) is 3.49. The number of aromatic amines is 1. The summed E-state index contributed by atoms with van der Waals surface area (Å²) in [5.74, 6) is -1.49. The lowest BCUT2D eigenvalue weighted by atomic mass is 10.1. The highest BCUT2D eigenvalue weighted by Crippen LogP contribution is 2.27. The average molecular weight is 293 g/mol. The van der Waals surface area contributed by atoms with E-state index in [-0.39, 0.29) is 16.8 Å². The first-order valence-electron chi connectivity index (χ1n) is 5.56. The van der Waals surface area contributed by atoms with Crippen molar-refractivity contribution in [2.24, 2.45) is 0 Å². The van der Waals surface area contributed by atoms with Gasteiger partial charge in [0, 0.05) is 6.07 Å². The van der Waals surface area contributed by atoms with E-state index in [0.717, 1.165) is 6.07 Å². The SMILES string of the molecule is COC(=O)c1cc(=O)[nH]c(-c2cccs2)c1C(=O)OC. The molecule has 0 amide bonds. The summed E-state index contributed by atoms with van der Waals surface area (Å²) in [5, 5.41) is 1.79. The van der Waals surface area contributed by atoms with Gasteiger partial charge in [-0.15, -0.1) is 11.3 Å². The lowest BCUT2D eigenvalue weighted by Gasteiger charge is -2.10. The van der Waals surface area contributed by atoms with Crippen LogP contribution in [0.2, 0.25) is 0 Å². The van der Waals surface area contributed by atoms with Gasteiger partial charge in [-0.1, -0.05) is 6.07 Å². The monoisotopic (exact) mass is 293 g/mol. The molecule has 20 heavy (non-hydrogen) atoms. The number of carbonyl (C=O) groups excluding carboxylic acids is 2. The number of thiophene rings is 1. The Kier molecular flexibility index (Phi) is 3.99. The Morgan fingerprint density at radius 3 is 2.45 bits per heavy atom. The molecule has 0 fully saturated rings. The van der Waals surface area contributed by atoms with Crippen LogP contribution in [0.15, 0.2) is 28.4 Å². The highest BCUT2D eigenvalue weighted by Gasteiger charge is 2.25. The van der Waals surface area contributed by atoms with Crippen molar-refractivity contribution in [3.63, 3.8) is 0 Å². The first-order valence-corrected chi connectivity index (χ1v) is 6.44. The van der Waals surface area contributed by atoms with Crippen LogP contribution in [0.3, 0.4) is 0 Å². The maximum absolute atomic E-state index is 11.9. The number of carbonyl (C=O) groups is 2. The van der Waals surface area contributed by atoms with Crippen LogP contribution in [0.5, 0.6) is 0 Å². The predicted molar refractivity (Wildman–Crippen MR) is 73.1 cm³/mol. The Hall–Kier alpha value is -2.41. The molecular weight excluding hydrogens is 282 g/mol. The molecule has 7 heteroatoms. The van der Waals surface area contributed by atoms with E-state index in [1.54, 1.807) is 17.5 Å². The molecule has 0 saturated heterocycles. The molecule has 0 radical (unpaired) electrons. The molecule has 0 aliphatic heterocycles. The summed E-state index contributed by atoms with van der Waals surface area (Å²) in [7, 11) is 2.38. The maximum atomic E-state index is 11.9. The molecule has 6 nitrogen and oxygen atoms in total. The summed E-state index contributed by atoms with van der Waals surface area (Å²) >= 11 is 1.32. The quantitative estimate of drug-likeness (QED) is 0.870. The van der Waals surface area contributed by atoms with Crippen molar-refractivity contribution in [2.45, 2.75) is 0 Å². The highest BCUT2D eigenvalue weighted by atomic mass is 32.1. The molecule has 0 bridgehead atoms. The van der Waals surface area contributed by atoms with Gasteiger partial charge < -0.3 is 14.5 Å². The molecule has 0 aromatic carbocycles. The van der Waals surface area contributed by atoms with Gasteiger partial charge in [-0.3, -0.25) is 4.79 Å². The number of hydrogen-bond acceptors (Lipinski definition) is 6. The second kappa shape index (κ2) is 5.70. The van der Waals surface area contributed by atoms with Gasteiger partial charge in [-0.05, 0) is 11.4 Å². The zero-order chi connectivity index (χ0) is 14.7. The fraction of sp³-hybridized carbons (Fsp3) is 0.154. The third-order valence-electron chi connectivity index (χ3n) is 2.61. The number of methoxy groups -OCH3 is 2. The predicted octanol–water partition coefficient (Wildman–Crippen LogP) is 1.68. The summed E-state index contributed by atoms with van der Waals surface area (Å²) in [6.07, 6.45) is 0. The first kappa shape index (κ1) is 14.0. The molecule has 2 aromatic heterocycles. The number of rotatable bonds is 3. The number of hydrogen-bond donors (Lipinski definition) is 1. The van der Waals surface area contributed by atoms with E-state index in [1.165, 1.54) is 25.6 Å². The van der Waals surface area contributed by atoms with Crippen molar-refractivity contribution in [3.05, 3.63) is 45.1 Å². The smallest absolute Gasteiger partial charge is 0.340 e. The molecule has 2 rings (SSSR count). The van der Waals surface area contributed by atoms with E-state index < -0.39 is 17.5 Å². The summed E-state index contributed by atoms with van der Waals surface area (Å²) < 4.78 is 9.29. The van der Waals surface area contributed by atoms with Crippen LogP contribution in [-0.2, 0) is 9.47 Å². The summed E-state index contributed by atoms with van der Waals surface area (Å²) in [6.45, 7) is 0. The summed E-state index contributed by atoms with van der Waals surface area (Å²) in [4.78, 5) is 38.6. The molecule has 0 atom stereocenters. The van der Waals surface area contributed by atoms with Gasteiger partial charge in [0.15, 0.2) is 0 Å². The minimum absolute atomic E-state index is 0.0126. The largest absolute Gasteiger partial charge is 0.465 e. The number of pyridine rings is 1. The lowest BCUT2D eigenvalue weighted by Crippen LogP contribution is -2.19. The zero-order valence-electron chi connectivity index (χ0n) is 10.8. The second-order valence-corrected chi connectivity index (χ2v) is 4.71. The van der Waals surface area contributed by atoms with Crippen LogP contribution < -0.4 is 5.56 Å². The van der Waals surface area contributed by atoms with E-state index in [4.69, 9.17) is 0 Å². The fourth-order valence-corrected chi connectivity index (χ4v) is 2.48. The number of aromatic nitrogens is 1. The van der Waals surface area contributed by atoms with Crippen molar-refractivity contribution in [1.82, 2.24) is 4.98 Å². The second-order valence-electron chi connectivity index (χ2n) is 3.76. The maximum Gasteiger partial charge on any atom is 0.340 e. The third kappa shape index (κ3) is 2.48. The van der Waals surface area contributed by atoms with Crippen LogP contribution >= 0.6 is 11.3 Å². The Bertz CT molecular complexity index is 702. The van der Waals surface area contributed by atoms with Crippen LogP contribution in [0, 0.1) is 0 Å². The van der Waals surface area contributed by atoms with Gasteiger partial charge in [0.1, 0.15) is 0 Å². The van der Waals surface area contributed by atoms with Crippen molar-refractivity contribution in [2.75, 3.05) is 14.2 Å². The van der Waals surface area contributed by atoms with Gasteiger partial charge >= 0.3 is 11.9 Å². The number of esters is 2. The molecule has 104 valence electrons. The first-order chi connectivity index (χ1) is 9.58. The fourth-order valence-electron chi connectivity index (χ4n) is 1.75. The van der Waals surface area contributed by atoms with Crippen molar-refractivity contribution in [1.29, 1.82) is 0 Å². The zero-order valence-corrected chi connectivity index (χ0v) is 11.6. The van der Waals surface area contributed by atoms with E-state index in [0.29, 0.717) is 4.88 Å². The minimum atomic E-state index is -0.769. The number of nitrogens with one attached hydrogen (secondary N) is 1. The standard InChI is InChI=1S/C13H11NO5S/c1-18-12(16)7-6-9(15)14-11(8-4-3-5-20-8)10(7)13(17)19-2/h3-6H,1-2H3,(H,14,15). The van der Waals surface area contributed by atoms with E-state index >= 15 is 0 Å². The number of H-pyrrole nitrogens is 1. The molecule has 0 unspecified atom stereocenters. The molecule has 0 saturated carbocycles. The van der Waals surface area contributed by atoms with Gasteiger partial charge in [-0.2, -0.15) is 0 Å². The number of ether oxygens (including phenoxy) is 2. The van der Waals surface area contributed by atoms with Gasteiger partial charge in [-0.25, -0.2) is 9.59 Å². The molecule has 2 heterocycles. The van der Waals surface area contributed by atoms with E-state index in [1.807, 2.05) is 0 Å². The normalized spacial score (nSPS) is 10.1. The molecule has 0 spiro atoms. The van der Waals surface area contributed by atoms with Crippen LogP contribution in [-0.4, -0.2) is 31.1 Å². The summed E-state index contributed by atoms with van der Waals surface area (Å²) in [6, 6.07) is 4.52. The van der Waals surface area contributed by atoms with Crippen LogP contribution in [0.25, 0.3) is 10.6 Å². The van der Waals surface area contributed by atoms with Gasteiger partial charge in [0.05, 0.1) is 35.9 Å². The minimum Gasteiger partial charge on any atom is -0.465 e. The Balaban J connectivity index is 2.79. The molecular formula is C13H11NO5S. The van der Waals surface area contributed by atoms with Crippen molar-refractivity contribution >= 4 is 23.3 Å². The van der Waals surface area contributed by atoms with Gasteiger partial charge in [0.2, 0.25) is 5.56 Å². The van der Waals surface area contributed by atoms with Gasteiger partial charge in [0.25, 0.3) is 0 Å². The van der Waals surface area contributed by atoms with Crippen molar-refractivity contribution in [3.8, 4) is 10.6 Å². The van der Waals surface area contributed by atoms with E-state index in [2.05, 4.69) is 14.5 Å². The Morgan fingerprint density at radius 1 is 1.20 bits per heavy atom. The van der Waals surface area contributed by atoms with Crippen LogP contribution in [0.4, 0.5) is 0 Å². The Morgan fingerprint density at radius 2 is 1.90 bits per heavy atom. The van der Waals surface area contributed by atoms with Crippen LogP contribution in [0.1, 0.15) is 20.7 Å². The average Bonchev–Trinajstić information content (AvgIpc) is 2.98. The Labute approximate surface area is 118 Å². The molecule has 1 N–H and O–H groups in total. The topological polar surface area (TPSA) is 85.5 Å². The summed E-state index contributed by atoms with van der Waals surface area (Å²) in [5.41, 5.74) is -0.380.